The van der Waals surface area contributed by atoms with Crippen molar-refractivity contribution < 1.29 is 9.32 Å². The molecular weight excluding hydrogens is 306 g/mol. The number of carbonyl (C=O) groups excluding carboxylic acids is 1. The average Bonchev–Trinajstić information content (AvgIpc) is 3.34. The van der Waals surface area contributed by atoms with E-state index in [4.69, 9.17) is 4.52 Å². The van der Waals surface area contributed by atoms with Gasteiger partial charge in [-0.1, -0.05) is 35.5 Å². The minimum Gasteiger partial charge on any atom is -0.363 e. The van der Waals surface area contributed by atoms with Gasteiger partial charge in [-0.05, 0) is 12.8 Å². The van der Waals surface area contributed by atoms with Crippen LogP contribution in [-0.4, -0.2) is 44.2 Å². The molecule has 1 aromatic carbocycles. The molecule has 0 saturated carbocycles. The maximum Gasteiger partial charge on any atom is 0.259 e. The Labute approximate surface area is 138 Å². The van der Waals surface area contributed by atoms with Crippen LogP contribution < -0.4 is 0 Å². The van der Waals surface area contributed by atoms with E-state index in [-0.39, 0.29) is 11.8 Å². The van der Waals surface area contributed by atoms with Crippen LogP contribution in [0.2, 0.25) is 0 Å². The highest BCUT2D eigenvalue weighted by Crippen LogP contribution is 2.28. The van der Waals surface area contributed by atoms with E-state index in [1.807, 2.05) is 35.2 Å². The van der Waals surface area contributed by atoms with Crippen LogP contribution in [0.1, 0.15) is 34.9 Å². The lowest BCUT2D eigenvalue weighted by atomic mass is 9.96. The smallest absolute Gasteiger partial charge is 0.259 e. The molecule has 1 aliphatic rings. The molecule has 0 aliphatic carbocycles. The maximum atomic E-state index is 12.9. The molecule has 0 bridgehead atoms. The van der Waals surface area contributed by atoms with Gasteiger partial charge in [-0.2, -0.15) is 5.10 Å². The molecule has 0 radical (unpaired) electrons. The van der Waals surface area contributed by atoms with Gasteiger partial charge in [0.25, 0.3) is 5.91 Å². The summed E-state index contributed by atoms with van der Waals surface area (Å²) in [5.41, 5.74) is 1.96. The summed E-state index contributed by atoms with van der Waals surface area (Å²) >= 11 is 0. The number of nitrogens with zero attached hydrogens (tertiary/aromatic N) is 4. The Hall–Kier alpha value is -2.96. The highest BCUT2D eigenvalue weighted by molar-refractivity contribution is 5.99. The Morgan fingerprint density at radius 3 is 2.96 bits per heavy atom. The summed E-state index contributed by atoms with van der Waals surface area (Å²) in [7, 11) is 0. The van der Waals surface area contributed by atoms with Gasteiger partial charge in [0.05, 0.1) is 0 Å². The van der Waals surface area contributed by atoms with Crippen molar-refractivity contribution in [1.82, 2.24) is 25.2 Å². The summed E-state index contributed by atoms with van der Waals surface area (Å²) < 4.78 is 5.09. The third-order valence-corrected chi connectivity index (χ3v) is 4.38. The molecule has 1 atom stereocenters. The monoisotopic (exact) mass is 323 g/mol. The molecule has 1 amide bonds. The maximum absolute atomic E-state index is 12.9. The standard InChI is InChI=1S/C17H17N5O2/c23-17(14-10-24-21-15(14)12-5-2-1-3-6-12)22-8-4-7-13(9-22)16-18-11-19-20-16/h1-3,5-6,10-11,13H,4,7-9H2,(H,18,19,20)/t13-/m1/s1. The first-order chi connectivity index (χ1) is 11.8. The number of H-pyrrole nitrogens is 1. The number of piperidine rings is 1. The largest absolute Gasteiger partial charge is 0.363 e. The van der Waals surface area contributed by atoms with Crippen LogP contribution in [0.3, 0.4) is 0 Å². The van der Waals surface area contributed by atoms with Crippen LogP contribution in [0, 0.1) is 0 Å². The van der Waals surface area contributed by atoms with Gasteiger partial charge in [0.1, 0.15) is 29.7 Å². The lowest BCUT2D eigenvalue weighted by Crippen LogP contribution is -2.39. The van der Waals surface area contributed by atoms with Gasteiger partial charge in [0.2, 0.25) is 0 Å². The molecule has 122 valence electrons. The number of amides is 1. The van der Waals surface area contributed by atoms with Crippen LogP contribution in [0.4, 0.5) is 0 Å². The zero-order chi connectivity index (χ0) is 16.4. The predicted molar refractivity (Wildman–Crippen MR) is 86.2 cm³/mol. The van der Waals surface area contributed by atoms with Crippen LogP contribution in [-0.2, 0) is 0 Å². The van der Waals surface area contributed by atoms with Crippen LogP contribution in [0.25, 0.3) is 11.3 Å². The van der Waals surface area contributed by atoms with E-state index < -0.39 is 0 Å². The first-order valence-corrected chi connectivity index (χ1v) is 7.97. The van der Waals surface area contributed by atoms with Crippen LogP contribution in [0.5, 0.6) is 0 Å². The molecule has 3 aromatic rings. The zero-order valence-electron chi connectivity index (χ0n) is 13.1. The summed E-state index contributed by atoms with van der Waals surface area (Å²) in [6, 6.07) is 9.60. The number of benzene rings is 1. The molecule has 7 heteroatoms. The van der Waals surface area contributed by atoms with Gasteiger partial charge in [0.15, 0.2) is 0 Å². The van der Waals surface area contributed by atoms with Gasteiger partial charge in [-0.25, -0.2) is 4.98 Å². The SMILES string of the molecule is O=C(c1conc1-c1ccccc1)N1CCC[C@@H](c2ncn[nH]2)C1. The second-order valence-electron chi connectivity index (χ2n) is 5.90. The summed E-state index contributed by atoms with van der Waals surface area (Å²) in [5, 5.41) is 10.8. The number of rotatable bonds is 3. The Morgan fingerprint density at radius 2 is 2.17 bits per heavy atom. The Bertz CT molecular complexity index is 813. The highest BCUT2D eigenvalue weighted by Gasteiger charge is 2.29. The number of nitrogens with one attached hydrogen (secondary N) is 1. The number of likely N-dealkylation sites (tertiary alicyclic amines) is 1. The fraction of sp³-hybridized carbons (Fsp3) is 0.294. The second-order valence-corrected chi connectivity index (χ2v) is 5.90. The molecule has 3 heterocycles. The Balaban J connectivity index is 1.57. The number of hydrogen-bond acceptors (Lipinski definition) is 5. The van der Waals surface area contributed by atoms with Gasteiger partial charge < -0.3 is 9.42 Å². The first kappa shape index (κ1) is 14.6. The van der Waals surface area contributed by atoms with Crippen molar-refractivity contribution in [2.24, 2.45) is 0 Å². The lowest BCUT2D eigenvalue weighted by molar-refractivity contribution is 0.0704. The number of aromatic nitrogens is 4. The normalized spacial score (nSPS) is 17.8. The minimum absolute atomic E-state index is 0.0562. The topological polar surface area (TPSA) is 87.9 Å². The molecule has 7 nitrogen and oxygen atoms in total. The van der Waals surface area contributed by atoms with Crippen molar-refractivity contribution in [3.63, 3.8) is 0 Å². The summed E-state index contributed by atoms with van der Waals surface area (Å²) in [6.07, 6.45) is 4.86. The average molecular weight is 323 g/mol. The molecule has 0 unspecified atom stereocenters. The van der Waals surface area contributed by atoms with Crippen molar-refractivity contribution in [2.45, 2.75) is 18.8 Å². The molecule has 1 aliphatic heterocycles. The van der Waals surface area contributed by atoms with Gasteiger partial charge >= 0.3 is 0 Å². The second kappa shape index (κ2) is 6.27. The number of aromatic amines is 1. The van der Waals surface area contributed by atoms with Crippen molar-refractivity contribution in [3.8, 4) is 11.3 Å². The molecule has 4 rings (SSSR count). The van der Waals surface area contributed by atoms with Crippen LogP contribution in [0.15, 0.2) is 47.4 Å². The molecule has 1 N–H and O–H groups in total. The van der Waals surface area contributed by atoms with E-state index in [9.17, 15) is 4.79 Å². The Morgan fingerprint density at radius 1 is 1.29 bits per heavy atom. The summed E-state index contributed by atoms with van der Waals surface area (Å²) in [5.74, 6) is 0.964. The van der Waals surface area contributed by atoms with Crippen molar-refractivity contribution in [2.75, 3.05) is 13.1 Å². The zero-order valence-corrected chi connectivity index (χ0v) is 13.1. The van der Waals surface area contributed by atoms with Gasteiger partial charge in [-0.15, -0.1) is 0 Å². The molecule has 0 spiro atoms. The third-order valence-electron chi connectivity index (χ3n) is 4.38. The summed E-state index contributed by atoms with van der Waals surface area (Å²) in [4.78, 5) is 19.0. The van der Waals surface area contributed by atoms with E-state index in [2.05, 4.69) is 20.3 Å². The highest BCUT2D eigenvalue weighted by atomic mass is 16.5. The van der Waals surface area contributed by atoms with Crippen LogP contribution >= 0.6 is 0 Å². The minimum atomic E-state index is -0.0562. The van der Waals surface area contributed by atoms with E-state index in [1.165, 1.54) is 12.6 Å². The number of hydrogen-bond donors (Lipinski definition) is 1. The molecule has 24 heavy (non-hydrogen) atoms. The molecule has 2 aromatic heterocycles. The lowest BCUT2D eigenvalue weighted by Gasteiger charge is -2.31. The van der Waals surface area contributed by atoms with E-state index in [1.54, 1.807) is 0 Å². The third kappa shape index (κ3) is 2.68. The molecule has 1 saturated heterocycles. The van der Waals surface area contributed by atoms with Crippen molar-refractivity contribution >= 4 is 5.91 Å². The van der Waals surface area contributed by atoms with Crippen molar-refractivity contribution in [1.29, 1.82) is 0 Å². The predicted octanol–water partition coefficient (Wildman–Crippen LogP) is 2.48. The Kier molecular flexibility index (Phi) is 3.82. The van der Waals surface area contributed by atoms with E-state index in [0.717, 1.165) is 30.8 Å². The summed E-state index contributed by atoms with van der Waals surface area (Å²) in [6.45, 7) is 1.34. The van der Waals surface area contributed by atoms with Gasteiger partial charge in [-0.3, -0.25) is 9.89 Å². The first-order valence-electron chi connectivity index (χ1n) is 7.97. The number of carbonyl (C=O) groups is 1. The quantitative estimate of drug-likeness (QED) is 0.800. The fourth-order valence-electron chi connectivity index (χ4n) is 3.16. The van der Waals surface area contributed by atoms with E-state index in [0.29, 0.717) is 17.8 Å². The van der Waals surface area contributed by atoms with Gasteiger partial charge in [0, 0.05) is 24.6 Å². The molecule has 1 fully saturated rings. The molecular formula is C17H17N5O2. The van der Waals surface area contributed by atoms with E-state index >= 15 is 0 Å². The fourth-order valence-corrected chi connectivity index (χ4v) is 3.16. The van der Waals surface area contributed by atoms with Crippen molar-refractivity contribution in [3.05, 3.63) is 54.3 Å².